The Bertz CT molecular complexity index is 778. The first-order valence-electron chi connectivity index (χ1n) is 6.46. The molecule has 0 bridgehead atoms. The summed E-state index contributed by atoms with van der Waals surface area (Å²) in [5.41, 5.74) is 0.987. The molecule has 2 aromatic rings. The Morgan fingerprint density at radius 2 is 2.00 bits per heavy atom. The lowest BCUT2D eigenvalue weighted by Crippen LogP contribution is -2.10. The summed E-state index contributed by atoms with van der Waals surface area (Å²) in [6, 6.07) is 5.14. The minimum Gasteiger partial charge on any atom is -0.478 e. The van der Waals surface area contributed by atoms with Crippen molar-refractivity contribution in [2.24, 2.45) is 0 Å². The van der Waals surface area contributed by atoms with Crippen molar-refractivity contribution < 1.29 is 9.90 Å². The number of carboxylic acid groups (broad SMARTS) is 1. The summed E-state index contributed by atoms with van der Waals surface area (Å²) in [4.78, 5) is 18.7. The highest BCUT2D eigenvalue weighted by Crippen LogP contribution is 2.22. The third-order valence-corrected chi connectivity index (χ3v) is 3.39. The third kappa shape index (κ3) is 4.77. The quantitative estimate of drug-likeness (QED) is 0.547. The maximum absolute atomic E-state index is 10.5. The molecule has 0 unspecified atom stereocenters. The number of anilines is 1. The monoisotopic (exact) mass is 350 g/mol. The number of nitrogens with zero attached hydrogens (tertiary/aromatic N) is 2. The predicted octanol–water partition coefficient (Wildman–Crippen LogP) is 3.40. The Labute approximate surface area is 142 Å². The van der Waals surface area contributed by atoms with Crippen molar-refractivity contribution in [3.63, 3.8) is 0 Å². The summed E-state index contributed by atoms with van der Waals surface area (Å²) in [6.45, 7) is 0.359. The number of carbonyl (C=O) groups is 1. The molecule has 0 radical (unpaired) electrons. The molecule has 0 saturated carbocycles. The van der Waals surface area contributed by atoms with Gasteiger partial charge in [0.1, 0.15) is 5.69 Å². The molecule has 3 N–H and O–H groups in total. The summed E-state index contributed by atoms with van der Waals surface area (Å²) in [6.07, 6.45) is 4.92. The standard InChI is InChI=1S/C15H12Cl2N4O2/c16-10-2-1-9(11(17)7-10)8-21-15-14(19-5-6-20-15)12(18)3-4-13(22)23/h1-7,18H,8H2,(H,20,21)(H,22,23)/b4-3+,18-12?. The number of nitrogens with one attached hydrogen (secondary N) is 2. The molecule has 0 aliphatic carbocycles. The van der Waals surface area contributed by atoms with E-state index in [2.05, 4.69) is 15.3 Å². The van der Waals surface area contributed by atoms with E-state index in [-0.39, 0.29) is 11.4 Å². The van der Waals surface area contributed by atoms with E-state index < -0.39 is 5.97 Å². The lowest BCUT2D eigenvalue weighted by atomic mass is 10.2. The van der Waals surface area contributed by atoms with Crippen LogP contribution in [-0.4, -0.2) is 26.8 Å². The van der Waals surface area contributed by atoms with Crippen LogP contribution in [0.25, 0.3) is 0 Å². The van der Waals surface area contributed by atoms with Crippen LogP contribution >= 0.6 is 23.2 Å². The molecule has 0 aliphatic rings. The minimum atomic E-state index is -1.14. The average Bonchev–Trinajstić information content (AvgIpc) is 2.52. The van der Waals surface area contributed by atoms with Crippen molar-refractivity contribution >= 4 is 40.7 Å². The number of aliphatic carboxylic acids is 1. The summed E-state index contributed by atoms with van der Waals surface area (Å²) in [5.74, 6) is -0.778. The summed E-state index contributed by atoms with van der Waals surface area (Å²) in [5, 5.41) is 20.6. The smallest absolute Gasteiger partial charge is 0.328 e. The highest BCUT2D eigenvalue weighted by Gasteiger charge is 2.10. The van der Waals surface area contributed by atoms with Gasteiger partial charge in [0.15, 0.2) is 5.82 Å². The fraction of sp³-hybridized carbons (Fsp3) is 0.0667. The van der Waals surface area contributed by atoms with Crippen molar-refractivity contribution in [2.75, 3.05) is 5.32 Å². The van der Waals surface area contributed by atoms with Crippen molar-refractivity contribution in [3.05, 3.63) is 64.0 Å². The summed E-state index contributed by atoms with van der Waals surface area (Å²) < 4.78 is 0. The highest BCUT2D eigenvalue weighted by molar-refractivity contribution is 6.35. The fourth-order valence-electron chi connectivity index (χ4n) is 1.74. The largest absolute Gasteiger partial charge is 0.478 e. The topological polar surface area (TPSA) is 99.0 Å². The molecule has 118 valence electrons. The second kappa shape index (κ2) is 7.71. The second-order valence-corrected chi connectivity index (χ2v) is 5.27. The van der Waals surface area contributed by atoms with E-state index >= 15 is 0 Å². The van der Waals surface area contributed by atoms with Gasteiger partial charge in [-0.25, -0.2) is 14.8 Å². The first kappa shape index (κ1) is 16.9. The first-order valence-corrected chi connectivity index (χ1v) is 7.21. The van der Waals surface area contributed by atoms with Gasteiger partial charge in [0.25, 0.3) is 0 Å². The predicted molar refractivity (Wildman–Crippen MR) is 89.4 cm³/mol. The van der Waals surface area contributed by atoms with Gasteiger partial charge in [0.2, 0.25) is 0 Å². The number of rotatable bonds is 6. The van der Waals surface area contributed by atoms with Crippen LogP contribution < -0.4 is 5.32 Å². The molecule has 1 aromatic heterocycles. The maximum atomic E-state index is 10.5. The van der Waals surface area contributed by atoms with E-state index in [9.17, 15) is 4.79 Å². The highest BCUT2D eigenvalue weighted by atomic mass is 35.5. The summed E-state index contributed by atoms with van der Waals surface area (Å²) >= 11 is 12.0. The molecule has 0 atom stereocenters. The maximum Gasteiger partial charge on any atom is 0.328 e. The van der Waals surface area contributed by atoms with E-state index in [0.29, 0.717) is 22.4 Å². The minimum absolute atomic E-state index is 0.0646. The van der Waals surface area contributed by atoms with E-state index in [1.807, 2.05) is 0 Å². The molecule has 1 heterocycles. The van der Waals surface area contributed by atoms with E-state index in [1.165, 1.54) is 12.4 Å². The van der Waals surface area contributed by atoms with Crippen LogP contribution in [0, 0.1) is 5.41 Å². The number of allylic oxidation sites excluding steroid dienone is 1. The number of aromatic nitrogens is 2. The number of halogens is 2. The Kier molecular flexibility index (Phi) is 5.67. The van der Waals surface area contributed by atoms with Gasteiger partial charge in [-0.1, -0.05) is 29.3 Å². The van der Waals surface area contributed by atoms with Gasteiger partial charge < -0.3 is 10.4 Å². The number of hydrogen-bond acceptors (Lipinski definition) is 5. The van der Waals surface area contributed by atoms with E-state index in [0.717, 1.165) is 17.7 Å². The Morgan fingerprint density at radius 1 is 1.26 bits per heavy atom. The van der Waals surface area contributed by atoms with Crippen LogP contribution in [0.3, 0.4) is 0 Å². The number of hydrogen-bond donors (Lipinski definition) is 3. The van der Waals surface area contributed by atoms with Crippen molar-refractivity contribution in [1.29, 1.82) is 5.41 Å². The molecule has 1 aromatic carbocycles. The zero-order chi connectivity index (χ0) is 16.8. The van der Waals surface area contributed by atoms with Crippen LogP contribution in [0.4, 0.5) is 5.82 Å². The van der Waals surface area contributed by atoms with Gasteiger partial charge in [-0.05, 0) is 23.8 Å². The Balaban J connectivity index is 2.17. The van der Waals surface area contributed by atoms with Crippen LogP contribution in [-0.2, 0) is 11.3 Å². The van der Waals surface area contributed by atoms with Crippen LogP contribution in [0.2, 0.25) is 10.0 Å². The molecular weight excluding hydrogens is 339 g/mol. The normalized spacial score (nSPS) is 10.7. The molecule has 23 heavy (non-hydrogen) atoms. The lowest BCUT2D eigenvalue weighted by molar-refractivity contribution is -0.131. The summed E-state index contributed by atoms with van der Waals surface area (Å²) in [7, 11) is 0. The van der Waals surface area contributed by atoms with Gasteiger partial charge in [-0.15, -0.1) is 0 Å². The SMILES string of the molecule is N=C(/C=C/C(=O)O)c1nccnc1NCc1ccc(Cl)cc1Cl. The van der Waals surface area contributed by atoms with Gasteiger partial charge in [-0.2, -0.15) is 0 Å². The molecule has 2 rings (SSSR count). The van der Waals surface area contributed by atoms with Crippen molar-refractivity contribution in [1.82, 2.24) is 9.97 Å². The van der Waals surface area contributed by atoms with Gasteiger partial charge in [0.05, 0.1) is 5.71 Å². The molecule has 0 spiro atoms. The Morgan fingerprint density at radius 3 is 2.70 bits per heavy atom. The van der Waals surface area contributed by atoms with Gasteiger partial charge >= 0.3 is 5.97 Å². The molecule has 0 fully saturated rings. The van der Waals surface area contributed by atoms with Crippen molar-refractivity contribution in [3.8, 4) is 0 Å². The van der Waals surface area contributed by atoms with Gasteiger partial charge in [-0.3, -0.25) is 5.41 Å². The third-order valence-electron chi connectivity index (χ3n) is 2.81. The average molecular weight is 351 g/mol. The molecule has 0 aliphatic heterocycles. The van der Waals surface area contributed by atoms with Crippen molar-refractivity contribution in [2.45, 2.75) is 6.54 Å². The van der Waals surface area contributed by atoms with E-state index in [4.69, 9.17) is 33.7 Å². The number of carboxylic acids is 1. The van der Waals surface area contributed by atoms with Gasteiger partial charge in [0, 0.05) is 35.1 Å². The van der Waals surface area contributed by atoms with Crippen LogP contribution in [0.1, 0.15) is 11.3 Å². The molecule has 0 amide bonds. The molecular formula is C15H12Cl2N4O2. The Hall–Kier alpha value is -2.44. The molecule has 8 heteroatoms. The van der Waals surface area contributed by atoms with E-state index in [1.54, 1.807) is 18.2 Å². The molecule has 0 saturated heterocycles. The fourth-order valence-corrected chi connectivity index (χ4v) is 2.22. The van der Waals surface area contributed by atoms with Crippen LogP contribution in [0.15, 0.2) is 42.7 Å². The lowest BCUT2D eigenvalue weighted by Gasteiger charge is -2.10. The molecule has 6 nitrogen and oxygen atoms in total. The zero-order valence-electron chi connectivity index (χ0n) is 11.8. The first-order chi connectivity index (χ1) is 11.0. The van der Waals surface area contributed by atoms with Crippen LogP contribution in [0.5, 0.6) is 0 Å². The zero-order valence-corrected chi connectivity index (χ0v) is 13.3. The number of benzene rings is 1. The second-order valence-electron chi connectivity index (χ2n) is 4.43.